The lowest BCUT2D eigenvalue weighted by Crippen LogP contribution is -2.47. The number of nitrogens with zero attached hydrogens (tertiary/aromatic N) is 5. The summed E-state index contributed by atoms with van der Waals surface area (Å²) >= 11 is 0. The van der Waals surface area contributed by atoms with Gasteiger partial charge in [-0.1, -0.05) is 168 Å². The zero-order valence-electron chi connectivity index (χ0n) is 72.4. The molecule has 0 radical (unpaired) electrons. The number of hydrogen-bond donors (Lipinski definition) is 6. The van der Waals surface area contributed by atoms with E-state index in [4.69, 9.17) is 35.2 Å². The molecule has 133 heavy (non-hydrogen) atoms. The number of benzene rings is 8. The molecule has 21 nitrogen and oxygen atoms in total. The highest BCUT2D eigenvalue weighted by Crippen LogP contribution is 2.43. The van der Waals surface area contributed by atoms with Crippen LogP contribution < -0.4 is 55.8 Å². The Morgan fingerprint density at radius 2 is 0.654 bits per heavy atom. The number of nitrogens with one attached hydrogen (secondary N) is 4. The molecule has 8 aromatic carbocycles. The van der Waals surface area contributed by atoms with Gasteiger partial charge >= 0.3 is 55.5 Å². The minimum atomic E-state index is -4.67. The lowest BCUT2D eigenvalue weighted by atomic mass is 9.79. The predicted molar refractivity (Wildman–Crippen MR) is 475 cm³/mol. The van der Waals surface area contributed by atoms with Crippen molar-refractivity contribution in [1.82, 2.24) is 21.3 Å². The summed E-state index contributed by atoms with van der Waals surface area (Å²) in [6, 6.07) is 37.3. The fourth-order valence-corrected chi connectivity index (χ4v) is 16.2. The first-order valence-corrected chi connectivity index (χ1v) is 42.7. The highest BCUT2D eigenvalue weighted by molar-refractivity contribution is 6.58. The standard InChI is InChI=1S/C25H22F3N3O2.2C25H25F3N2O3.C24H24BF3N2O4/c1-2-22(32)31(21-13-7-10-19(15-21)25(26,27)28)23(18-9-6-8-17(14-18)16-29)24(33)30-20-11-4-3-5-12-20;1-3-22(31)30(20-13-8-10-18(16-20)25(26,27)28)23(17-9-7-14-21(15-17)33-2)24(32)29-19-11-5-4-6-12-19;1-3-22(31)30(19-13-9-10-17(16-19)25(26,27)28)23(20-14-7-8-15-21(20)33-2)24(32)29-18-11-5-4-6-12-18;1-2-21(31)30(20-10-6-7-17(15-20)24(26,27)28)22(16-11-13-18(14-12-16)25(33)34)23(32)29-19-8-4-3-5-9-19/h1,6-10,13-15,20,23H,3-5,11-12H2,(H,30,33);1,7-10,13-16,19,23H,4-6,11-12H2,2H3,(H,29,32);1,7-10,13-16,18,23H,4-6,11-12H2,2H3,(H,29,32);1,6-7,10-15,19,22,33-34H,3-5,8-9H2,(H,29,32). The molecule has 6 N–H and O–H groups in total. The van der Waals surface area contributed by atoms with Gasteiger partial charge in [-0.3, -0.25) is 58.0 Å². The molecule has 0 saturated heterocycles. The zero-order valence-corrected chi connectivity index (χ0v) is 72.4. The molecule has 34 heteroatoms. The number of terminal acetylenes is 4. The van der Waals surface area contributed by atoms with Gasteiger partial charge in [-0.05, 0) is 200 Å². The van der Waals surface area contributed by atoms with E-state index in [0.29, 0.717) is 22.6 Å². The van der Waals surface area contributed by atoms with Gasteiger partial charge in [-0.2, -0.15) is 57.9 Å². The lowest BCUT2D eigenvalue weighted by molar-refractivity contribution is -0.138. The van der Waals surface area contributed by atoms with Gasteiger partial charge in [0, 0.05) is 52.5 Å². The third-order valence-corrected chi connectivity index (χ3v) is 22.7. The molecule has 4 unspecified atom stereocenters. The molecule has 8 aromatic rings. The van der Waals surface area contributed by atoms with Crippen LogP contribution in [-0.2, 0) is 63.1 Å². The number of rotatable bonds is 23. The maximum Gasteiger partial charge on any atom is 0.488 e. The van der Waals surface area contributed by atoms with Gasteiger partial charge in [0.25, 0.3) is 0 Å². The Bertz CT molecular complexity index is 5620. The van der Waals surface area contributed by atoms with Crippen molar-refractivity contribution in [2.75, 3.05) is 33.8 Å². The van der Waals surface area contributed by atoms with Crippen molar-refractivity contribution in [2.45, 2.75) is 201 Å². The summed E-state index contributed by atoms with van der Waals surface area (Å²) in [5.41, 5.74) is -2.93. The maximum atomic E-state index is 13.5. The van der Waals surface area contributed by atoms with Gasteiger partial charge in [-0.25, -0.2) is 0 Å². The van der Waals surface area contributed by atoms with Gasteiger partial charge in [0.15, 0.2) is 0 Å². The maximum absolute atomic E-state index is 13.5. The zero-order chi connectivity index (χ0) is 96.9. The van der Waals surface area contributed by atoms with Crippen molar-refractivity contribution in [1.29, 1.82) is 5.26 Å². The highest BCUT2D eigenvalue weighted by Gasteiger charge is 2.43. The van der Waals surface area contributed by atoms with E-state index in [-0.39, 0.29) is 69.1 Å². The van der Waals surface area contributed by atoms with Crippen LogP contribution in [0.15, 0.2) is 194 Å². The molecule has 696 valence electrons. The second kappa shape index (κ2) is 47.7. The summed E-state index contributed by atoms with van der Waals surface area (Å²) in [4.78, 5) is 109. The van der Waals surface area contributed by atoms with Crippen molar-refractivity contribution in [3.05, 3.63) is 244 Å². The normalized spacial score (nSPS) is 15.2. The summed E-state index contributed by atoms with van der Waals surface area (Å²) < 4.78 is 171. The second-order valence-electron chi connectivity index (χ2n) is 31.8. The Morgan fingerprint density at radius 3 is 0.955 bits per heavy atom. The van der Waals surface area contributed by atoms with Gasteiger partial charge in [0.2, 0.25) is 23.6 Å². The summed E-state index contributed by atoms with van der Waals surface area (Å²) in [6.07, 6.45) is 20.9. The fraction of sp³-hybridized carbons (Fsp3) is 0.343. The van der Waals surface area contributed by atoms with E-state index >= 15 is 0 Å². The van der Waals surface area contributed by atoms with Crippen LogP contribution in [0.4, 0.5) is 75.4 Å². The molecule has 4 aliphatic carbocycles. The molecule has 0 heterocycles. The number of carbonyl (C=O) groups excluding carboxylic acids is 8. The second-order valence-corrected chi connectivity index (χ2v) is 31.8. The van der Waals surface area contributed by atoms with Crippen LogP contribution in [0.3, 0.4) is 0 Å². The van der Waals surface area contributed by atoms with E-state index in [1.54, 1.807) is 54.6 Å². The molecule has 0 bridgehead atoms. The average molecular weight is 1840 g/mol. The van der Waals surface area contributed by atoms with Crippen LogP contribution in [-0.4, -0.2) is 103 Å². The first-order valence-electron chi connectivity index (χ1n) is 42.7. The number of nitriles is 1. The lowest BCUT2D eigenvalue weighted by Gasteiger charge is -2.33. The van der Waals surface area contributed by atoms with E-state index < -0.39 is 126 Å². The molecule has 4 atom stereocenters. The Morgan fingerprint density at radius 1 is 0.361 bits per heavy atom. The molecule has 4 fully saturated rings. The largest absolute Gasteiger partial charge is 0.497 e. The Kier molecular flexibility index (Phi) is 36.8. The topological polar surface area (TPSA) is 280 Å². The molecular formula is C99H96BF12N9O12. The first-order chi connectivity index (χ1) is 63.3. The van der Waals surface area contributed by atoms with Crippen molar-refractivity contribution < 1.29 is 111 Å². The number of hydrogen-bond acceptors (Lipinski definition) is 13. The van der Waals surface area contributed by atoms with E-state index in [2.05, 4.69) is 21.3 Å². The molecule has 4 aliphatic rings. The number of methoxy groups -OCH3 is 2. The minimum Gasteiger partial charge on any atom is -0.497 e. The molecule has 12 rings (SSSR count). The Balaban J connectivity index is 0.000000199. The van der Waals surface area contributed by atoms with Gasteiger partial charge in [0.1, 0.15) is 35.7 Å². The number of carbonyl (C=O) groups is 8. The van der Waals surface area contributed by atoms with E-state index in [9.17, 15) is 106 Å². The molecule has 4 saturated carbocycles. The molecule has 0 aliphatic heterocycles. The summed E-state index contributed by atoms with van der Waals surface area (Å²) in [5.74, 6) is 2.42. The number of amides is 8. The van der Waals surface area contributed by atoms with Gasteiger partial charge in [-0.15, -0.1) is 25.7 Å². The monoisotopic (exact) mass is 1840 g/mol. The van der Waals surface area contributed by atoms with Crippen molar-refractivity contribution in [3.8, 4) is 66.9 Å². The number of ether oxygens (including phenoxy) is 2. The van der Waals surface area contributed by atoms with Crippen molar-refractivity contribution >= 4 is 82.6 Å². The highest BCUT2D eigenvalue weighted by atomic mass is 19.4. The summed E-state index contributed by atoms with van der Waals surface area (Å²) in [6.45, 7) is 0. The quantitative estimate of drug-likeness (QED) is 0.0198. The van der Waals surface area contributed by atoms with Crippen LogP contribution in [0.5, 0.6) is 11.5 Å². The van der Waals surface area contributed by atoms with Gasteiger partial charge < -0.3 is 40.8 Å². The number of halogens is 12. The number of anilines is 4. The van der Waals surface area contributed by atoms with Crippen molar-refractivity contribution in [2.24, 2.45) is 0 Å². The van der Waals surface area contributed by atoms with Crippen LogP contribution in [0.1, 0.15) is 203 Å². The predicted octanol–water partition coefficient (Wildman–Crippen LogP) is 17.0. The van der Waals surface area contributed by atoms with E-state index in [0.717, 1.165) is 209 Å². The molecule has 0 aromatic heterocycles. The smallest absolute Gasteiger partial charge is 0.488 e. The third-order valence-electron chi connectivity index (χ3n) is 22.7. The average Bonchev–Trinajstić information content (AvgIpc) is 0.793. The van der Waals surface area contributed by atoms with Gasteiger partial charge in [0.05, 0.1) is 48.1 Å². The summed E-state index contributed by atoms with van der Waals surface area (Å²) in [5, 5.41) is 39.8. The molecule has 8 amide bonds. The fourth-order valence-electron chi connectivity index (χ4n) is 16.2. The Hall–Kier alpha value is -14.0. The Labute approximate surface area is 762 Å². The van der Waals surface area contributed by atoms with Crippen molar-refractivity contribution in [3.63, 3.8) is 0 Å². The van der Waals surface area contributed by atoms with Crippen LogP contribution in [0.2, 0.25) is 0 Å². The van der Waals surface area contributed by atoms with Crippen LogP contribution in [0.25, 0.3) is 0 Å². The minimum absolute atomic E-state index is 0.0799. The summed E-state index contributed by atoms with van der Waals surface area (Å²) in [7, 11) is 1.11. The first kappa shape index (κ1) is 103. The van der Waals surface area contributed by atoms with Crippen LogP contribution >= 0.6 is 0 Å². The van der Waals surface area contributed by atoms with E-state index in [1.165, 1.54) is 93.1 Å². The molecule has 0 spiro atoms. The number of alkyl halides is 12. The number of para-hydroxylation sites is 1. The molecular weight excluding hydrogens is 1750 g/mol. The van der Waals surface area contributed by atoms with E-state index in [1.807, 2.05) is 29.8 Å². The third kappa shape index (κ3) is 28.3. The van der Waals surface area contributed by atoms with Crippen LogP contribution in [0, 0.1) is 60.7 Å². The SMILES string of the molecule is C#CC(=O)N(c1cccc(C(F)(F)F)c1)C(C(=O)NC1CCCCC1)c1ccc(B(O)O)cc1.C#CC(=O)N(c1cccc(C(F)(F)F)c1)C(C(=O)NC1CCCCC1)c1cccc(C#N)c1.C#CC(=O)N(c1cccc(C(F)(F)F)c1)C(C(=O)NC1CCCCC1)c1cccc(OC)c1.C#CC(=O)N(c1cccc(C(F)(F)F)c1)C(C(=O)NC1CCCCC1)c1ccccc1OC.